The van der Waals surface area contributed by atoms with Crippen LogP contribution in [0.5, 0.6) is 0 Å². The van der Waals surface area contributed by atoms with E-state index in [0.29, 0.717) is 21.8 Å². The van der Waals surface area contributed by atoms with Gasteiger partial charge in [0.1, 0.15) is 0 Å². The molecule has 3 atom stereocenters. The van der Waals surface area contributed by atoms with Crippen LogP contribution in [0.15, 0.2) is 29.4 Å². The molecular weight excluding hydrogens is 406 g/mol. The topological polar surface area (TPSA) is 63.1 Å². The highest BCUT2D eigenvalue weighted by Gasteiger charge is 2.24. The first-order valence-electron chi connectivity index (χ1n) is 10.2. The molecule has 3 unspecified atom stereocenters. The number of nitrogens with zero attached hydrogens (tertiary/aromatic N) is 4. The Bertz CT molecular complexity index is 823. The van der Waals surface area contributed by atoms with Crippen molar-refractivity contribution in [2.75, 3.05) is 19.8 Å². The Morgan fingerprint density at radius 1 is 1.28 bits per heavy atom. The Labute approximate surface area is 182 Å². The number of benzene rings is 1. The Morgan fingerprint density at radius 2 is 1.97 bits per heavy atom. The standard InChI is InChI=1S/C21H30ClN5OS/c1-14-7-5-6-8-18(14)23-19(28)13-29-21-25-24-20(15(2)26(3)4)27(21)17-11-9-16(22)10-12-17/h9-12,14-15,18H,5-8,13H2,1-4H3,(H,23,28). The van der Waals surface area contributed by atoms with Crippen molar-refractivity contribution < 1.29 is 4.79 Å². The molecule has 1 aromatic carbocycles. The van der Waals surface area contributed by atoms with Crippen molar-refractivity contribution in [1.29, 1.82) is 0 Å². The van der Waals surface area contributed by atoms with Gasteiger partial charge >= 0.3 is 0 Å². The summed E-state index contributed by atoms with van der Waals surface area (Å²) in [5.74, 6) is 1.76. The van der Waals surface area contributed by atoms with E-state index in [4.69, 9.17) is 11.6 Å². The summed E-state index contributed by atoms with van der Waals surface area (Å²) in [6.07, 6.45) is 4.72. The first kappa shape index (κ1) is 22.1. The summed E-state index contributed by atoms with van der Waals surface area (Å²) in [7, 11) is 4.02. The monoisotopic (exact) mass is 435 g/mol. The normalized spacial score (nSPS) is 20.6. The summed E-state index contributed by atoms with van der Waals surface area (Å²) in [5.41, 5.74) is 0.937. The summed E-state index contributed by atoms with van der Waals surface area (Å²) in [5, 5.41) is 13.4. The van der Waals surface area contributed by atoms with E-state index in [-0.39, 0.29) is 18.0 Å². The van der Waals surface area contributed by atoms with Gasteiger partial charge in [0.2, 0.25) is 5.91 Å². The van der Waals surface area contributed by atoms with Crippen molar-refractivity contribution in [2.24, 2.45) is 5.92 Å². The van der Waals surface area contributed by atoms with Crippen molar-refractivity contribution in [3.05, 3.63) is 35.1 Å². The number of nitrogens with one attached hydrogen (secondary N) is 1. The second-order valence-electron chi connectivity index (χ2n) is 8.02. The first-order valence-corrected chi connectivity index (χ1v) is 11.5. The Balaban J connectivity index is 1.76. The fourth-order valence-electron chi connectivity index (χ4n) is 3.62. The molecular formula is C21H30ClN5OS. The third-order valence-corrected chi connectivity index (χ3v) is 6.86. The van der Waals surface area contributed by atoms with Crippen LogP contribution in [0, 0.1) is 5.92 Å². The average Bonchev–Trinajstić information content (AvgIpc) is 3.12. The quantitative estimate of drug-likeness (QED) is 0.656. The van der Waals surface area contributed by atoms with Crippen molar-refractivity contribution in [1.82, 2.24) is 25.0 Å². The summed E-state index contributed by atoms with van der Waals surface area (Å²) >= 11 is 7.49. The third-order valence-electron chi connectivity index (χ3n) is 5.68. The lowest BCUT2D eigenvalue weighted by Gasteiger charge is -2.29. The van der Waals surface area contributed by atoms with Crippen LogP contribution < -0.4 is 5.32 Å². The van der Waals surface area contributed by atoms with Crippen molar-refractivity contribution in [3.8, 4) is 5.69 Å². The predicted molar refractivity (Wildman–Crippen MR) is 119 cm³/mol. The van der Waals surface area contributed by atoms with Gasteiger partial charge in [0.05, 0.1) is 11.8 Å². The highest BCUT2D eigenvalue weighted by molar-refractivity contribution is 7.99. The molecule has 6 nitrogen and oxygen atoms in total. The molecule has 8 heteroatoms. The lowest BCUT2D eigenvalue weighted by molar-refractivity contribution is -0.119. The molecule has 1 amide bonds. The molecule has 158 valence electrons. The van der Waals surface area contributed by atoms with Crippen LogP contribution >= 0.6 is 23.4 Å². The highest BCUT2D eigenvalue weighted by Crippen LogP contribution is 2.28. The summed E-state index contributed by atoms with van der Waals surface area (Å²) in [6, 6.07) is 7.97. The number of amides is 1. The maximum absolute atomic E-state index is 12.6. The fraction of sp³-hybridized carbons (Fsp3) is 0.571. The van der Waals surface area contributed by atoms with Crippen LogP contribution in [0.3, 0.4) is 0 Å². The zero-order valence-corrected chi connectivity index (χ0v) is 19.1. The Hall–Kier alpha value is -1.57. The zero-order chi connectivity index (χ0) is 21.0. The van der Waals surface area contributed by atoms with Gasteiger partial charge in [0.25, 0.3) is 0 Å². The third kappa shape index (κ3) is 5.53. The maximum atomic E-state index is 12.6. The predicted octanol–water partition coefficient (Wildman–Crippen LogP) is 4.33. The van der Waals surface area contributed by atoms with E-state index in [1.54, 1.807) is 0 Å². The van der Waals surface area contributed by atoms with E-state index in [0.717, 1.165) is 17.9 Å². The molecule has 29 heavy (non-hydrogen) atoms. The summed E-state index contributed by atoms with van der Waals surface area (Å²) < 4.78 is 2.02. The number of halogens is 1. The molecule has 0 saturated heterocycles. The van der Waals surface area contributed by atoms with E-state index in [1.807, 2.05) is 42.9 Å². The van der Waals surface area contributed by atoms with Gasteiger partial charge in [-0.2, -0.15) is 0 Å². The van der Waals surface area contributed by atoms with Crippen LogP contribution in [0.4, 0.5) is 0 Å². The van der Waals surface area contributed by atoms with Gasteiger partial charge in [-0.1, -0.05) is 43.1 Å². The minimum absolute atomic E-state index is 0.0571. The lowest BCUT2D eigenvalue weighted by atomic mass is 9.86. The minimum Gasteiger partial charge on any atom is -0.352 e. The molecule has 0 aliphatic heterocycles. The van der Waals surface area contributed by atoms with Gasteiger partial charge in [0.15, 0.2) is 11.0 Å². The molecule has 0 spiro atoms. The molecule has 1 saturated carbocycles. The van der Waals surface area contributed by atoms with Crippen LogP contribution in [0.25, 0.3) is 5.69 Å². The maximum Gasteiger partial charge on any atom is 0.230 e. The van der Waals surface area contributed by atoms with Crippen LogP contribution in [0.2, 0.25) is 5.02 Å². The first-order chi connectivity index (χ1) is 13.9. The number of aromatic nitrogens is 3. The largest absolute Gasteiger partial charge is 0.352 e. The average molecular weight is 436 g/mol. The van der Waals surface area contributed by atoms with Gasteiger partial charge in [-0.3, -0.25) is 14.3 Å². The lowest BCUT2D eigenvalue weighted by Crippen LogP contribution is -2.41. The van der Waals surface area contributed by atoms with Crippen molar-refractivity contribution in [3.63, 3.8) is 0 Å². The van der Waals surface area contributed by atoms with Crippen LogP contribution in [-0.4, -0.2) is 51.5 Å². The number of carbonyl (C=O) groups excluding carboxylic acids is 1. The SMILES string of the molecule is CC1CCCCC1NC(=O)CSc1nnc(C(C)N(C)C)n1-c1ccc(Cl)cc1. The van der Waals surface area contributed by atoms with Crippen molar-refractivity contribution in [2.45, 2.75) is 56.8 Å². The van der Waals surface area contributed by atoms with Crippen molar-refractivity contribution >= 4 is 29.3 Å². The molecule has 1 heterocycles. The molecule has 1 fully saturated rings. The second-order valence-corrected chi connectivity index (χ2v) is 9.40. The number of carbonyl (C=O) groups is 1. The zero-order valence-electron chi connectivity index (χ0n) is 17.6. The van der Waals surface area contributed by atoms with Gasteiger partial charge in [-0.05, 0) is 64.0 Å². The number of hydrogen-bond donors (Lipinski definition) is 1. The number of hydrogen-bond acceptors (Lipinski definition) is 5. The highest BCUT2D eigenvalue weighted by atomic mass is 35.5. The molecule has 1 N–H and O–H groups in total. The summed E-state index contributed by atoms with van der Waals surface area (Å²) in [6.45, 7) is 4.31. The molecule has 1 aliphatic carbocycles. The molecule has 0 radical (unpaired) electrons. The second kappa shape index (κ2) is 9.96. The van der Waals surface area contributed by atoms with Gasteiger partial charge in [-0.25, -0.2) is 0 Å². The smallest absolute Gasteiger partial charge is 0.230 e. The van der Waals surface area contributed by atoms with E-state index in [9.17, 15) is 4.79 Å². The van der Waals surface area contributed by atoms with E-state index >= 15 is 0 Å². The molecule has 0 bridgehead atoms. The molecule has 2 aromatic rings. The molecule has 1 aliphatic rings. The minimum atomic E-state index is 0.0571. The van der Waals surface area contributed by atoms with Gasteiger partial charge in [-0.15, -0.1) is 10.2 Å². The van der Waals surface area contributed by atoms with E-state index in [1.165, 1.54) is 31.0 Å². The fourth-order valence-corrected chi connectivity index (χ4v) is 4.51. The van der Waals surface area contributed by atoms with Crippen LogP contribution in [-0.2, 0) is 4.79 Å². The van der Waals surface area contributed by atoms with Crippen LogP contribution in [0.1, 0.15) is 51.4 Å². The Kier molecular flexibility index (Phi) is 7.60. The summed E-state index contributed by atoms with van der Waals surface area (Å²) in [4.78, 5) is 14.6. The molecule has 3 rings (SSSR count). The number of thioether (sulfide) groups is 1. The van der Waals surface area contributed by atoms with E-state index < -0.39 is 0 Å². The van der Waals surface area contributed by atoms with E-state index in [2.05, 4.69) is 34.3 Å². The van der Waals surface area contributed by atoms with Gasteiger partial charge in [0, 0.05) is 16.8 Å². The number of rotatable bonds is 7. The Morgan fingerprint density at radius 3 is 2.62 bits per heavy atom. The molecule has 1 aromatic heterocycles. The van der Waals surface area contributed by atoms with Gasteiger partial charge < -0.3 is 5.32 Å².